The highest BCUT2D eigenvalue weighted by Crippen LogP contribution is 2.38. The van der Waals surface area contributed by atoms with Gasteiger partial charge in [-0.2, -0.15) is 0 Å². The number of rotatable bonds is 6. The number of hydrogen-bond donors (Lipinski definition) is 2. The highest BCUT2D eigenvalue weighted by atomic mass is 19.1. The van der Waals surface area contributed by atoms with E-state index >= 15 is 0 Å². The molecule has 3 aliphatic heterocycles. The van der Waals surface area contributed by atoms with Crippen molar-refractivity contribution in [2.24, 2.45) is 11.8 Å². The van der Waals surface area contributed by atoms with Crippen molar-refractivity contribution in [2.45, 2.75) is 96.2 Å². The minimum absolute atomic E-state index is 0.167. The molecule has 1 atom stereocenters. The molecule has 1 aliphatic carbocycles. The van der Waals surface area contributed by atoms with Crippen molar-refractivity contribution in [3.05, 3.63) is 34.6 Å². The first-order chi connectivity index (χ1) is 19.5. The number of alkyl carbamates (subject to hydrolysis) is 1. The Hall–Kier alpha value is -3.01. The van der Waals surface area contributed by atoms with E-state index in [1.54, 1.807) is 6.07 Å². The van der Waals surface area contributed by atoms with Gasteiger partial charge >= 0.3 is 6.09 Å². The van der Waals surface area contributed by atoms with Crippen molar-refractivity contribution in [3.63, 3.8) is 0 Å². The Kier molecular flexibility index (Phi) is 8.68. The van der Waals surface area contributed by atoms with Gasteiger partial charge in [0.25, 0.3) is 5.91 Å². The van der Waals surface area contributed by atoms with Gasteiger partial charge in [0, 0.05) is 31.6 Å². The SMILES string of the molecule is CC(C)(C)OC(=O)NC[C@H]1CC[C@H](CN2CCC(c3cc(F)cc4c3CN(C3CCC(=O)NC3=O)C4=O)CC2)CC1. The number of carbonyl (C=O) groups is 4. The lowest BCUT2D eigenvalue weighted by Gasteiger charge is -2.37. The zero-order chi connectivity index (χ0) is 29.3. The van der Waals surface area contributed by atoms with Crippen LogP contribution >= 0.6 is 0 Å². The summed E-state index contributed by atoms with van der Waals surface area (Å²) in [7, 11) is 0. The van der Waals surface area contributed by atoms with Crippen molar-refractivity contribution in [3.8, 4) is 0 Å². The smallest absolute Gasteiger partial charge is 0.407 e. The molecule has 224 valence electrons. The number of halogens is 1. The van der Waals surface area contributed by atoms with Crippen molar-refractivity contribution in [2.75, 3.05) is 26.2 Å². The van der Waals surface area contributed by atoms with Gasteiger partial charge in [0.15, 0.2) is 0 Å². The van der Waals surface area contributed by atoms with E-state index in [-0.39, 0.29) is 36.8 Å². The summed E-state index contributed by atoms with van der Waals surface area (Å²) in [6.45, 7) is 9.46. The number of nitrogens with zero attached hydrogens (tertiary/aromatic N) is 2. The molecule has 1 unspecified atom stereocenters. The van der Waals surface area contributed by atoms with Gasteiger partial charge in [-0.3, -0.25) is 19.7 Å². The summed E-state index contributed by atoms with van der Waals surface area (Å²) in [6, 6.07) is 2.17. The molecule has 0 radical (unpaired) electrons. The number of piperidine rings is 2. The molecule has 9 nitrogen and oxygen atoms in total. The number of fused-ring (bicyclic) bond motifs is 1. The van der Waals surface area contributed by atoms with Crippen LogP contribution in [0.2, 0.25) is 0 Å². The lowest BCUT2D eigenvalue weighted by atomic mass is 9.81. The Morgan fingerprint density at radius 1 is 1.02 bits per heavy atom. The van der Waals surface area contributed by atoms with Crippen molar-refractivity contribution in [1.82, 2.24) is 20.4 Å². The van der Waals surface area contributed by atoms with Gasteiger partial charge in [0.2, 0.25) is 11.8 Å². The molecule has 0 spiro atoms. The van der Waals surface area contributed by atoms with Crippen LogP contribution in [0, 0.1) is 17.7 Å². The average molecular weight is 571 g/mol. The Balaban J connectivity index is 1.11. The van der Waals surface area contributed by atoms with Gasteiger partial charge in [-0.15, -0.1) is 0 Å². The molecule has 1 aromatic carbocycles. The van der Waals surface area contributed by atoms with Crippen LogP contribution in [-0.4, -0.2) is 71.4 Å². The first kappa shape index (κ1) is 29.5. The van der Waals surface area contributed by atoms with E-state index < -0.39 is 23.4 Å². The van der Waals surface area contributed by atoms with Crippen LogP contribution in [0.15, 0.2) is 12.1 Å². The number of benzene rings is 1. The summed E-state index contributed by atoms with van der Waals surface area (Å²) >= 11 is 0. The van der Waals surface area contributed by atoms with E-state index in [0.717, 1.165) is 69.3 Å². The normalized spacial score (nSPS) is 26.1. The first-order valence-electron chi connectivity index (χ1n) is 15.1. The third kappa shape index (κ3) is 7.08. The molecule has 41 heavy (non-hydrogen) atoms. The Labute approximate surface area is 241 Å². The zero-order valence-electron chi connectivity index (χ0n) is 24.5. The number of carbonyl (C=O) groups excluding carboxylic acids is 4. The van der Waals surface area contributed by atoms with Crippen LogP contribution in [-0.2, 0) is 20.9 Å². The number of nitrogens with one attached hydrogen (secondary N) is 2. The van der Waals surface area contributed by atoms with Crippen LogP contribution in [0.4, 0.5) is 9.18 Å². The zero-order valence-corrected chi connectivity index (χ0v) is 24.5. The fourth-order valence-electron chi connectivity index (χ4n) is 6.97. The molecule has 1 saturated carbocycles. The molecule has 4 amide bonds. The van der Waals surface area contributed by atoms with Gasteiger partial charge < -0.3 is 19.9 Å². The van der Waals surface area contributed by atoms with Gasteiger partial charge in [0.05, 0.1) is 0 Å². The predicted molar refractivity (Wildman–Crippen MR) is 151 cm³/mol. The Morgan fingerprint density at radius 2 is 1.71 bits per heavy atom. The Bertz CT molecular complexity index is 1180. The summed E-state index contributed by atoms with van der Waals surface area (Å²) in [6.07, 6.45) is 6.44. The number of ether oxygens (including phenoxy) is 1. The second kappa shape index (κ2) is 12.1. The van der Waals surface area contributed by atoms with Crippen molar-refractivity contribution >= 4 is 23.8 Å². The molecule has 4 aliphatic rings. The molecule has 5 rings (SSSR count). The molecule has 3 fully saturated rings. The molecule has 3 heterocycles. The number of imide groups is 1. The van der Waals surface area contributed by atoms with E-state index in [2.05, 4.69) is 15.5 Å². The fraction of sp³-hybridized carbons (Fsp3) is 0.677. The average Bonchev–Trinajstić information content (AvgIpc) is 3.23. The van der Waals surface area contributed by atoms with E-state index in [1.165, 1.54) is 11.0 Å². The lowest BCUT2D eigenvalue weighted by Crippen LogP contribution is -2.52. The standard InChI is InChI=1S/C31H43FN4O5/c1-31(2,3)41-30(40)33-16-19-4-6-20(7-5-19)17-35-12-10-21(11-13-35)23-14-22(32)15-24-25(23)18-36(29(24)39)26-8-9-27(37)34-28(26)38/h14-15,19-21,26H,4-13,16-18H2,1-3H3,(H,33,40)(H,34,37,38)/t19-,20-,26?. The van der Waals surface area contributed by atoms with Crippen molar-refractivity contribution < 1.29 is 28.3 Å². The predicted octanol–water partition coefficient (Wildman–Crippen LogP) is 4.10. The van der Waals surface area contributed by atoms with Crippen LogP contribution in [0.5, 0.6) is 0 Å². The largest absolute Gasteiger partial charge is 0.444 e. The van der Waals surface area contributed by atoms with Gasteiger partial charge in [-0.25, -0.2) is 9.18 Å². The Morgan fingerprint density at radius 3 is 2.37 bits per heavy atom. The maximum absolute atomic E-state index is 14.7. The maximum atomic E-state index is 14.7. The first-order valence-corrected chi connectivity index (χ1v) is 15.1. The summed E-state index contributed by atoms with van der Waals surface area (Å²) < 4.78 is 20.0. The van der Waals surface area contributed by atoms with E-state index in [1.807, 2.05) is 20.8 Å². The third-order valence-corrected chi connectivity index (χ3v) is 9.10. The molecular formula is C31H43FN4O5. The summed E-state index contributed by atoms with van der Waals surface area (Å²) in [5, 5.41) is 5.25. The second-order valence-electron chi connectivity index (χ2n) is 13.3. The summed E-state index contributed by atoms with van der Waals surface area (Å²) in [4.78, 5) is 53.2. The minimum atomic E-state index is -0.700. The number of likely N-dealkylation sites (tertiary alicyclic amines) is 1. The monoisotopic (exact) mass is 570 g/mol. The topological polar surface area (TPSA) is 108 Å². The minimum Gasteiger partial charge on any atom is -0.444 e. The quantitative estimate of drug-likeness (QED) is 0.499. The maximum Gasteiger partial charge on any atom is 0.407 e. The molecule has 0 aromatic heterocycles. The fourth-order valence-corrected chi connectivity index (χ4v) is 6.97. The van der Waals surface area contributed by atoms with Crippen LogP contribution < -0.4 is 10.6 Å². The highest BCUT2D eigenvalue weighted by molar-refractivity contribution is 6.05. The van der Waals surface area contributed by atoms with E-state index in [0.29, 0.717) is 30.4 Å². The summed E-state index contributed by atoms with van der Waals surface area (Å²) in [5.74, 6) is -0.227. The molecule has 10 heteroatoms. The van der Waals surface area contributed by atoms with Gasteiger partial charge in [-0.1, -0.05) is 0 Å². The van der Waals surface area contributed by atoms with E-state index in [9.17, 15) is 23.6 Å². The lowest BCUT2D eigenvalue weighted by molar-refractivity contribution is -0.136. The van der Waals surface area contributed by atoms with Gasteiger partial charge in [-0.05, 0) is 120 Å². The third-order valence-electron chi connectivity index (χ3n) is 9.10. The van der Waals surface area contributed by atoms with Crippen LogP contribution in [0.3, 0.4) is 0 Å². The van der Waals surface area contributed by atoms with Gasteiger partial charge in [0.1, 0.15) is 17.5 Å². The van der Waals surface area contributed by atoms with Crippen LogP contribution in [0.25, 0.3) is 0 Å². The van der Waals surface area contributed by atoms with Crippen molar-refractivity contribution in [1.29, 1.82) is 0 Å². The molecule has 1 aromatic rings. The molecule has 2 saturated heterocycles. The molecule has 2 N–H and O–H groups in total. The van der Waals surface area contributed by atoms with Crippen LogP contribution in [0.1, 0.15) is 99.5 Å². The highest BCUT2D eigenvalue weighted by Gasteiger charge is 2.41. The molecule has 0 bridgehead atoms. The number of amides is 4. The number of hydrogen-bond acceptors (Lipinski definition) is 6. The molecular weight excluding hydrogens is 527 g/mol. The second-order valence-corrected chi connectivity index (χ2v) is 13.3. The summed E-state index contributed by atoms with van der Waals surface area (Å²) in [5.41, 5.74) is 1.58. The van der Waals surface area contributed by atoms with E-state index in [4.69, 9.17) is 4.74 Å².